The van der Waals surface area contributed by atoms with E-state index in [0.717, 1.165) is 23.1 Å². The summed E-state index contributed by atoms with van der Waals surface area (Å²) in [6, 6.07) is 23.6. The number of nitrogens with zero attached hydrogens (tertiary/aromatic N) is 1. The Kier molecular flexibility index (Phi) is 22.6. The molecule has 71 heavy (non-hydrogen) atoms. The van der Waals surface area contributed by atoms with Crippen LogP contribution in [0.4, 0.5) is 14.4 Å². The number of carbonyl (C=O) groups is 6. The lowest BCUT2D eigenvalue weighted by Gasteiger charge is -2.25. The van der Waals surface area contributed by atoms with Crippen molar-refractivity contribution in [3.8, 4) is 5.75 Å². The van der Waals surface area contributed by atoms with E-state index in [4.69, 9.17) is 28.4 Å². The van der Waals surface area contributed by atoms with Crippen molar-refractivity contribution >= 4 is 36.2 Å². The van der Waals surface area contributed by atoms with Gasteiger partial charge in [-0.05, 0) is 90.3 Å². The van der Waals surface area contributed by atoms with Crippen molar-refractivity contribution in [1.82, 2.24) is 16.0 Å². The number of nitrogens with one attached hydrogen (secondary N) is 3. The molecule has 3 atom stereocenters. The first-order valence-corrected chi connectivity index (χ1v) is 24.1. The maximum Gasteiger partial charge on any atom is 0.408 e. The summed E-state index contributed by atoms with van der Waals surface area (Å²) < 4.78 is 34.9. The minimum absolute atomic E-state index is 0.00823. The van der Waals surface area contributed by atoms with Gasteiger partial charge in [0.25, 0.3) is 0 Å². The number of aryl methyl sites for hydroxylation is 2. The van der Waals surface area contributed by atoms with Crippen LogP contribution in [0.2, 0.25) is 0 Å². The molecule has 384 valence electrons. The summed E-state index contributed by atoms with van der Waals surface area (Å²) >= 11 is 0. The zero-order valence-corrected chi connectivity index (χ0v) is 42.0. The van der Waals surface area contributed by atoms with Crippen LogP contribution >= 0.6 is 0 Å². The van der Waals surface area contributed by atoms with Crippen LogP contribution in [0, 0.1) is 0 Å². The van der Waals surface area contributed by atoms with Crippen LogP contribution < -0.4 is 20.5 Å². The van der Waals surface area contributed by atoms with Gasteiger partial charge in [0.15, 0.2) is 11.9 Å². The van der Waals surface area contributed by atoms with Crippen LogP contribution in [0.3, 0.4) is 0 Å². The van der Waals surface area contributed by atoms with E-state index in [1.54, 1.807) is 88.7 Å². The molecule has 3 aromatic carbocycles. The maximum atomic E-state index is 13.8. The van der Waals surface area contributed by atoms with E-state index in [2.05, 4.69) is 16.0 Å². The summed E-state index contributed by atoms with van der Waals surface area (Å²) in [5.41, 5.74) is 1.21. The largest absolute Gasteiger partial charge is 0.503 e. The second-order valence-corrected chi connectivity index (χ2v) is 19.0. The molecule has 0 bridgehead atoms. The minimum Gasteiger partial charge on any atom is -0.503 e. The van der Waals surface area contributed by atoms with E-state index in [9.17, 15) is 33.9 Å². The fraction of sp³-hybridized carbons (Fsp3) is 0.463. The van der Waals surface area contributed by atoms with E-state index in [1.807, 2.05) is 61.5 Å². The lowest BCUT2D eigenvalue weighted by molar-refractivity contribution is -0.698. The van der Waals surface area contributed by atoms with E-state index in [-0.39, 0.29) is 63.4 Å². The number of ether oxygens (including phenoxy) is 6. The molecule has 0 aliphatic rings. The average molecular weight is 984 g/mol. The van der Waals surface area contributed by atoms with Crippen molar-refractivity contribution in [2.24, 2.45) is 0 Å². The SMILES string of the molecule is CCCCOC(=O)C(CCc1c[n+](CCCCC(NC(=O)OCc2ccccc2)C(=O)OC(C)(C)C)cc(O)c1CC(NC(=O)OCc1ccccc1)C(=O)OC(C)(C)C)NC(=O)OCc1ccccc1. The second-order valence-electron chi connectivity index (χ2n) is 19.0. The predicted octanol–water partition coefficient (Wildman–Crippen LogP) is 8.24. The summed E-state index contributed by atoms with van der Waals surface area (Å²) in [6.07, 6.45) is 2.94. The standard InChI is InChI=1S/C54H70N4O13/c1-8-9-31-66-47(60)44(56-51(64)68-36-39-23-15-11-16-24-39)29-28-41-33-58(30-20-19-27-43(48(61)70-53(2,3)4)55-50(63)67-35-38-21-13-10-14-22-38)34-46(59)42(41)32-45(49(62)71-54(5,6)7)57-52(65)69-37-40-25-17-12-18-26-40/h10-18,21-26,33-34,43-45H,8-9,19-20,27-32,35-37H2,1-7H3,(H3-,55,56,57,59,63,64,65)/p+1. The Morgan fingerprint density at radius 1 is 0.549 bits per heavy atom. The first-order chi connectivity index (χ1) is 33.8. The third-order valence-corrected chi connectivity index (χ3v) is 10.5. The first kappa shape index (κ1) is 56.4. The topological polar surface area (TPSA) is 218 Å². The number of aromatic nitrogens is 1. The summed E-state index contributed by atoms with van der Waals surface area (Å²) in [6.45, 7) is 12.5. The van der Waals surface area contributed by atoms with Gasteiger partial charge in [0, 0.05) is 24.0 Å². The molecule has 0 radical (unpaired) electrons. The molecule has 4 rings (SSSR count). The summed E-state index contributed by atoms with van der Waals surface area (Å²) in [5.74, 6) is -2.32. The number of aromatic hydroxyl groups is 1. The Bertz CT molecular complexity index is 2320. The number of hydrogen-bond donors (Lipinski definition) is 4. The van der Waals surface area contributed by atoms with E-state index >= 15 is 0 Å². The maximum absolute atomic E-state index is 13.8. The Hall–Kier alpha value is -7.17. The van der Waals surface area contributed by atoms with Gasteiger partial charge in [0.05, 0.1) is 6.61 Å². The van der Waals surface area contributed by atoms with Gasteiger partial charge in [-0.15, -0.1) is 0 Å². The number of carbonyl (C=O) groups excluding carboxylic acids is 6. The highest BCUT2D eigenvalue weighted by Crippen LogP contribution is 2.25. The van der Waals surface area contributed by atoms with Gasteiger partial charge < -0.3 is 49.5 Å². The minimum atomic E-state index is -1.34. The number of hydrogen-bond acceptors (Lipinski definition) is 13. The number of amides is 3. The number of esters is 3. The smallest absolute Gasteiger partial charge is 0.408 e. The molecular weight excluding hydrogens is 913 g/mol. The van der Waals surface area contributed by atoms with Gasteiger partial charge in [0.2, 0.25) is 6.20 Å². The van der Waals surface area contributed by atoms with Crippen LogP contribution in [0.5, 0.6) is 5.75 Å². The Labute approximate surface area is 416 Å². The fourth-order valence-electron chi connectivity index (χ4n) is 7.02. The van der Waals surface area contributed by atoms with E-state index in [1.165, 1.54) is 6.20 Å². The average Bonchev–Trinajstić information content (AvgIpc) is 3.32. The van der Waals surface area contributed by atoms with E-state index in [0.29, 0.717) is 31.4 Å². The summed E-state index contributed by atoms with van der Waals surface area (Å²) in [5, 5.41) is 19.7. The highest BCUT2D eigenvalue weighted by molar-refractivity contribution is 5.83. The molecule has 0 saturated carbocycles. The molecule has 4 aromatic rings. The molecule has 1 heterocycles. The van der Waals surface area contributed by atoms with Gasteiger partial charge in [-0.3, -0.25) is 0 Å². The highest BCUT2D eigenvalue weighted by Gasteiger charge is 2.32. The van der Waals surface area contributed by atoms with Crippen molar-refractivity contribution in [3.05, 3.63) is 131 Å². The van der Waals surface area contributed by atoms with Crippen LogP contribution in [0.1, 0.15) is 115 Å². The lowest BCUT2D eigenvalue weighted by Crippen LogP contribution is -2.46. The normalized spacial score (nSPS) is 12.5. The quantitative estimate of drug-likeness (QED) is 0.0213. The first-order valence-electron chi connectivity index (χ1n) is 24.1. The lowest BCUT2D eigenvalue weighted by atomic mass is 9.96. The number of benzene rings is 3. The number of rotatable bonds is 25. The molecule has 0 spiro atoms. The second kappa shape index (κ2) is 28.5. The Balaban J connectivity index is 1.60. The van der Waals surface area contributed by atoms with Crippen molar-refractivity contribution in [1.29, 1.82) is 0 Å². The molecule has 0 saturated heterocycles. The molecule has 4 N–H and O–H groups in total. The van der Waals surface area contributed by atoms with E-state index < -0.39 is 65.5 Å². The van der Waals surface area contributed by atoms with Crippen molar-refractivity contribution in [3.63, 3.8) is 0 Å². The van der Waals surface area contributed by atoms with Crippen LogP contribution in [0.25, 0.3) is 0 Å². The molecule has 17 heteroatoms. The van der Waals surface area contributed by atoms with Crippen LogP contribution in [0.15, 0.2) is 103 Å². The molecule has 3 unspecified atom stereocenters. The van der Waals surface area contributed by atoms with Gasteiger partial charge in [-0.2, -0.15) is 0 Å². The predicted molar refractivity (Wildman–Crippen MR) is 262 cm³/mol. The molecular formula is C54H71N4O13+. The van der Waals surface area contributed by atoms with Gasteiger partial charge in [0.1, 0.15) is 55.7 Å². The van der Waals surface area contributed by atoms with Crippen molar-refractivity contribution < 1.29 is 66.9 Å². The Morgan fingerprint density at radius 2 is 0.986 bits per heavy atom. The fourth-order valence-corrected chi connectivity index (χ4v) is 7.02. The molecule has 0 aliphatic heterocycles. The zero-order valence-electron chi connectivity index (χ0n) is 42.0. The van der Waals surface area contributed by atoms with Gasteiger partial charge in [-0.1, -0.05) is 104 Å². The zero-order chi connectivity index (χ0) is 51.8. The van der Waals surface area contributed by atoms with Crippen LogP contribution in [-0.4, -0.2) is 77.2 Å². The van der Waals surface area contributed by atoms with Gasteiger partial charge in [-0.25, -0.2) is 33.3 Å². The molecule has 1 aromatic heterocycles. The molecule has 3 amide bonds. The van der Waals surface area contributed by atoms with Crippen molar-refractivity contribution in [2.75, 3.05) is 6.61 Å². The molecule has 0 aliphatic carbocycles. The number of alkyl carbamates (subject to hydrolysis) is 3. The number of pyridine rings is 1. The third-order valence-electron chi connectivity index (χ3n) is 10.5. The monoisotopic (exact) mass is 984 g/mol. The number of unbranched alkanes of at least 4 members (excludes halogenated alkanes) is 2. The highest BCUT2D eigenvalue weighted by atomic mass is 16.6. The molecule has 17 nitrogen and oxygen atoms in total. The summed E-state index contributed by atoms with van der Waals surface area (Å²) in [4.78, 5) is 79.9. The summed E-state index contributed by atoms with van der Waals surface area (Å²) in [7, 11) is 0. The van der Waals surface area contributed by atoms with Crippen molar-refractivity contribution in [2.45, 2.75) is 156 Å². The van der Waals surface area contributed by atoms with Gasteiger partial charge >= 0.3 is 36.2 Å². The van der Waals surface area contributed by atoms with Crippen LogP contribution in [-0.2, 0) is 82.0 Å². The third kappa shape index (κ3) is 22.0. The Morgan fingerprint density at radius 3 is 1.44 bits per heavy atom. The molecule has 0 fully saturated rings.